The van der Waals surface area contributed by atoms with Crippen LogP contribution in [0.2, 0.25) is 0 Å². The molecule has 0 saturated heterocycles. The minimum atomic E-state index is -0.0173. The quantitative estimate of drug-likeness (QED) is 0.909. The van der Waals surface area contributed by atoms with E-state index in [4.69, 9.17) is 0 Å². The zero-order valence-corrected chi connectivity index (χ0v) is 12.1. The van der Waals surface area contributed by atoms with Crippen LogP contribution in [0.15, 0.2) is 30.3 Å². The van der Waals surface area contributed by atoms with Crippen LogP contribution in [0.1, 0.15) is 56.5 Å². The highest BCUT2D eigenvalue weighted by molar-refractivity contribution is 5.44. The van der Waals surface area contributed by atoms with Crippen molar-refractivity contribution < 1.29 is 5.11 Å². The van der Waals surface area contributed by atoms with Crippen LogP contribution in [0.25, 0.3) is 5.69 Å². The first-order valence-corrected chi connectivity index (χ1v) is 6.83. The van der Waals surface area contributed by atoms with Crippen LogP contribution in [-0.2, 0) is 6.61 Å². The van der Waals surface area contributed by atoms with Crippen molar-refractivity contribution in [2.75, 3.05) is 0 Å². The van der Waals surface area contributed by atoms with Crippen LogP contribution in [0.3, 0.4) is 0 Å². The number of hydrogen-bond donors (Lipinski definition) is 1. The molecule has 2 rings (SSSR count). The van der Waals surface area contributed by atoms with E-state index in [9.17, 15) is 5.11 Å². The molecule has 0 aliphatic rings. The predicted octanol–water partition coefficient (Wildman–Crippen LogP) is 3.61. The van der Waals surface area contributed by atoms with Crippen molar-refractivity contribution in [1.82, 2.24) is 9.78 Å². The van der Waals surface area contributed by atoms with Crippen LogP contribution in [-0.4, -0.2) is 14.9 Å². The summed E-state index contributed by atoms with van der Waals surface area (Å²) in [6.07, 6.45) is 0. The van der Waals surface area contributed by atoms with Crippen LogP contribution >= 0.6 is 0 Å². The molecule has 1 aromatic heterocycles. The van der Waals surface area contributed by atoms with Gasteiger partial charge in [0.1, 0.15) is 0 Å². The molecule has 3 heteroatoms. The van der Waals surface area contributed by atoms with Gasteiger partial charge in [-0.1, -0.05) is 45.9 Å². The zero-order chi connectivity index (χ0) is 14.0. The van der Waals surface area contributed by atoms with Gasteiger partial charge < -0.3 is 5.11 Å². The summed E-state index contributed by atoms with van der Waals surface area (Å²) in [5.74, 6) is 0.811. The van der Waals surface area contributed by atoms with Gasteiger partial charge in [-0.25, -0.2) is 4.68 Å². The van der Waals surface area contributed by atoms with E-state index in [-0.39, 0.29) is 6.61 Å². The lowest BCUT2D eigenvalue weighted by Gasteiger charge is -2.16. The van der Waals surface area contributed by atoms with E-state index < -0.39 is 0 Å². The number of rotatable bonds is 4. The molecular weight excluding hydrogens is 236 g/mol. The van der Waals surface area contributed by atoms with Crippen molar-refractivity contribution in [3.63, 3.8) is 0 Å². The van der Waals surface area contributed by atoms with Gasteiger partial charge in [-0.2, -0.15) is 5.10 Å². The van der Waals surface area contributed by atoms with Gasteiger partial charge in [-0.3, -0.25) is 0 Å². The molecule has 0 bridgehead atoms. The average Bonchev–Trinajstić information content (AvgIpc) is 2.83. The smallest absolute Gasteiger partial charge is 0.0886 e. The van der Waals surface area contributed by atoms with Crippen molar-refractivity contribution in [2.24, 2.45) is 0 Å². The molecule has 1 aromatic carbocycles. The molecule has 0 unspecified atom stereocenters. The highest BCUT2D eigenvalue weighted by Crippen LogP contribution is 2.26. The molecule has 0 aliphatic heterocycles. The standard InChI is InChI=1S/C16H22N2O/c1-11(2)14-7-5-6-8-15(14)18-16(12(3)4)9-13(10-19)17-18/h5-9,11-12,19H,10H2,1-4H3. The number of aromatic nitrogens is 2. The van der Waals surface area contributed by atoms with Gasteiger partial charge in [0.2, 0.25) is 0 Å². The van der Waals surface area contributed by atoms with Gasteiger partial charge in [0.15, 0.2) is 0 Å². The van der Waals surface area contributed by atoms with Crippen molar-refractivity contribution in [2.45, 2.75) is 46.1 Å². The van der Waals surface area contributed by atoms with Crippen LogP contribution in [0.5, 0.6) is 0 Å². The minimum Gasteiger partial charge on any atom is -0.390 e. The lowest BCUT2D eigenvalue weighted by atomic mass is 10.0. The van der Waals surface area contributed by atoms with Gasteiger partial charge >= 0.3 is 0 Å². The second-order valence-corrected chi connectivity index (χ2v) is 5.50. The highest BCUT2D eigenvalue weighted by atomic mass is 16.3. The summed E-state index contributed by atoms with van der Waals surface area (Å²) >= 11 is 0. The van der Waals surface area contributed by atoms with Gasteiger partial charge in [0.25, 0.3) is 0 Å². The number of aliphatic hydroxyl groups is 1. The third-order valence-electron chi connectivity index (χ3n) is 3.33. The van der Waals surface area contributed by atoms with Crippen molar-refractivity contribution in [3.05, 3.63) is 47.3 Å². The van der Waals surface area contributed by atoms with E-state index in [2.05, 4.69) is 51.0 Å². The Morgan fingerprint density at radius 3 is 2.37 bits per heavy atom. The predicted molar refractivity (Wildman–Crippen MR) is 77.7 cm³/mol. The molecule has 0 aliphatic carbocycles. The van der Waals surface area contributed by atoms with Gasteiger partial charge in [-0.15, -0.1) is 0 Å². The highest BCUT2D eigenvalue weighted by Gasteiger charge is 2.15. The lowest BCUT2D eigenvalue weighted by molar-refractivity contribution is 0.276. The maximum absolute atomic E-state index is 9.31. The van der Waals surface area contributed by atoms with Crippen LogP contribution < -0.4 is 0 Å². The Morgan fingerprint density at radius 1 is 1.11 bits per heavy atom. The molecule has 0 fully saturated rings. The Labute approximate surface area is 114 Å². The molecule has 1 N–H and O–H groups in total. The van der Waals surface area contributed by atoms with Crippen molar-refractivity contribution in [3.8, 4) is 5.69 Å². The summed E-state index contributed by atoms with van der Waals surface area (Å²) in [6.45, 7) is 8.64. The second kappa shape index (κ2) is 5.57. The minimum absolute atomic E-state index is 0.0173. The fraction of sp³-hybridized carbons (Fsp3) is 0.438. The monoisotopic (exact) mass is 258 g/mol. The molecule has 0 atom stereocenters. The molecule has 0 spiro atoms. The summed E-state index contributed by atoms with van der Waals surface area (Å²) < 4.78 is 1.98. The number of para-hydroxylation sites is 1. The fourth-order valence-electron chi connectivity index (χ4n) is 2.30. The van der Waals surface area contributed by atoms with Crippen LogP contribution in [0, 0.1) is 0 Å². The summed E-state index contributed by atoms with van der Waals surface area (Å²) in [7, 11) is 0. The first-order valence-electron chi connectivity index (χ1n) is 6.83. The molecule has 102 valence electrons. The van der Waals surface area contributed by atoms with E-state index >= 15 is 0 Å². The molecule has 0 radical (unpaired) electrons. The normalized spacial score (nSPS) is 11.5. The van der Waals surface area contributed by atoms with E-state index in [1.54, 1.807) is 0 Å². The van der Waals surface area contributed by atoms with E-state index in [0.717, 1.165) is 17.1 Å². The van der Waals surface area contributed by atoms with Crippen molar-refractivity contribution >= 4 is 0 Å². The molecular formula is C16H22N2O. The third kappa shape index (κ3) is 2.71. The van der Waals surface area contributed by atoms with Gasteiger partial charge in [0.05, 0.1) is 18.0 Å². The maximum Gasteiger partial charge on any atom is 0.0886 e. The molecule has 0 saturated carbocycles. The summed E-state index contributed by atoms with van der Waals surface area (Å²) in [5.41, 5.74) is 4.25. The van der Waals surface area contributed by atoms with Crippen molar-refractivity contribution in [1.29, 1.82) is 0 Å². The number of benzene rings is 1. The number of aliphatic hydroxyl groups excluding tert-OH is 1. The Hall–Kier alpha value is -1.61. The van der Waals surface area contributed by atoms with E-state index in [0.29, 0.717) is 11.8 Å². The average molecular weight is 258 g/mol. The number of nitrogens with zero attached hydrogens (tertiary/aromatic N) is 2. The Morgan fingerprint density at radius 2 is 1.79 bits per heavy atom. The molecule has 0 amide bonds. The molecule has 19 heavy (non-hydrogen) atoms. The molecule has 3 nitrogen and oxygen atoms in total. The molecule has 2 aromatic rings. The van der Waals surface area contributed by atoms with Crippen LogP contribution in [0.4, 0.5) is 0 Å². The Kier molecular flexibility index (Phi) is 4.05. The fourth-order valence-corrected chi connectivity index (χ4v) is 2.30. The van der Waals surface area contributed by atoms with Gasteiger partial charge in [-0.05, 0) is 29.5 Å². The van der Waals surface area contributed by atoms with E-state index in [1.165, 1.54) is 5.56 Å². The first-order chi connectivity index (χ1) is 9.04. The number of hydrogen-bond acceptors (Lipinski definition) is 2. The molecule has 1 heterocycles. The largest absolute Gasteiger partial charge is 0.390 e. The summed E-state index contributed by atoms with van der Waals surface area (Å²) in [6, 6.07) is 10.3. The van der Waals surface area contributed by atoms with Gasteiger partial charge in [0, 0.05) is 5.69 Å². The SMILES string of the molecule is CC(C)c1ccccc1-n1nc(CO)cc1C(C)C. The Balaban J connectivity index is 2.61. The maximum atomic E-state index is 9.31. The third-order valence-corrected chi connectivity index (χ3v) is 3.33. The van der Waals surface area contributed by atoms with E-state index in [1.807, 2.05) is 16.8 Å². The lowest BCUT2D eigenvalue weighted by Crippen LogP contribution is -2.07. The first kappa shape index (κ1) is 13.8. The Bertz CT molecular complexity index is 556. The topological polar surface area (TPSA) is 38.0 Å². The summed E-state index contributed by atoms with van der Waals surface area (Å²) in [4.78, 5) is 0. The second-order valence-electron chi connectivity index (χ2n) is 5.50. The zero-order valence-electron chi connectivity index (χ0n) is 12.1. The summed E-state index contributed by atoms with van der Waals surface area (Å²) in [5, 5.41) is 13.8.